The first-order valence-corrected chi connectivity index (χ1v) is 5.38. The summed E-state index contributed by atoms with van der Waals surface area (Å²) in [4.78, 5) is 0. The van der Waals surface area contributed by atoms with E-state index >= 15 is 0 Å². The lowest BCUT2D eigenvalue weighted by Crippen LogP contribution is -2.33. The third-order valence-electron chi connectivity index (χ3n) is 3.58. The summed E-state index contributed by atoms with van der Waals surface area (Å²) >= 11 is 0. The fourth-order valence-electron chi connectivity index (χ4n) is 2.62. The van der Waals surface area contributed by atoms with E-state index in [2.05, 4.69) is 6.92 Å². The van der Waals surface area contributed by atoms with E-state index in [9.17, 15) is 10.2 Å². The third kappa shape index (κ3) is 2.68. The lowest BCUT2D eigenvalue weighted by Gasteiger charge is -2.36. The Morgan fingerprint density at radius 2 is 1.69 bits per heavy atom. The van der Waals surface area contributed by atoms with Crippen LogP contribution in [0.2, 0.25) is 0 Å². The Labute approximate surface area is 81.0 Å². The molecule has 2 heteroatoms. The molecule has 13 heavy (non-hydrogen) atoms. The van der Waals surface area contributed by atoms with Gasteiger partial charge in [0, 0.05) is 0 Å². The molecule has 2 N–H and O–H groups in total. The summed E-state index contributed by atoms with van der Waals surface area (Å²) in [5.74, 6) is 1.44. The predicted molar refractivity (Wildman–Crippen MR) is 53.4 cm³/mol. The Bertz CT molecular complexity index is 154. The molecule has 0 aromatic rings. The van der Waals surface area contributed by atoms with E-state index in [1.807, 2.05) is 13.8 Å². The highest BCUT2D eigenvalue weighted by atomic mass is 16.3. The second kappa shape index (κ2) is 4.43. The molecule has 0 radical (unpaired) electrons. The molecule has 0 aromatic heterocycles. The third-order valence-corrected chi connectivity index (χ3v) is 3.58. The molecule has 1 aliphatic carbocycles. The lowest BCUT2D eigenvalue weighted by molar-refractivity contribution is 0.0170. The molecular formula is C11H22O2. The fourth-order valence-corrected chi connectivity index (χ4v) is 2.62. The first-order valence-electron chi connectivity index (χ1n) is 5.38. The molecule has 0 amide bonds. The zero-order valence-electron chi connectivity index (χ0n) is 8.90. The van der Waals surface area contributed by atoms with Gasteiger partial charge in [-0.25, -0.2) is 0 Å². The van der Waals surface area contributed by atoms with Crippen LogP contribution in [0.5, 0.6) is 0 Å². The van der Waals surface area contributed by atoms with Gasteiger partial charge in [-0.1, -0.05) is 6.92 Å². The summed E-state index contributed by atoms with van der Waals surface area (Å²) in [5.41, 5.74) is 0. The van der Waals surface area contributed by atoms with E-state index in [-0.39, 0.29) is 12.2 Å². The van der Waals surface area contributed by atoms with Crippen LogP contribution in [0.4, 0.5) is 0 Å². The molecular weight excluding hydrogens is 164 g/mol. The minimum atomic E-state index is -0.190. The van der Waals surface area contributed by atoms with Crippen LogP contribution in [0.1, 0.15) is 40.0 Å². The maximum Gasteiger partial charge on any atom is 0.0542 e. The van der Waals surface area contributed by atoms with Gasteiger partial charge in [-0.2, -0.15) is 0 Å². The van der Waals surface area contributed by atoms with Crippen molar-refractivity contribution >= 4 is 0 Å². The van der Waals surface area contributed by atoms with E-state index < -0.39 is 0 Å². The van der Waals surface area contributed by atoms with Gasteiger partial charge in [-0.05, 0) is 50.9 Å². The van der Waals surface area contributed by atoms with Crippen LogP contribution in [-0.4, -0.2) is 22.4 Å². The van der Waals surface area contributed by atoms with Crippen molar-refractivity contribution in [3.8, 4) is 0 Å². The molecule has 0 aromatic carbocycles. The second-order valence-electron chi connectivity index (χ2n) is 4.70. The monoisotopic (exact) mass is 186 g/mol. The molecule has 78 valence electrons. The Kier molecular flexibility index (Phi) is 3.74. The molecule has 0 heterocycles. The quantitative estimate of drug-likeness (QED) is 0.690. The standard InChI is InChI=1S/C11H22O2/c1-7-6-10(8(2)12)4-5-11(7)9(3)13/h7-13H,4-6H2,1-3H3/t7-,8+,9-,10-,11+/m1/s1. The number of hydrogen-bond acceptors (Lipinski definition) is 2. The van der Waals surface area contributed by atoms with Crippen LogP contribution >= 0.6 is 0 Å². The summed E-state index contributed by atoms with van der Waals surface area (Å²) in [6.45, 7) is 5.94. The highest BCUT2D eigenvalue weighted by molar-refractivity contribution is 4.82. The average molecular weight is 186 g/mol. The van der Waals surface area contributed by atoms with E-state index in [1.54, 1.807) is 0 Å². The Hall–Kier alpha value is -0.0800. The van der Waals surface area contributed by atoms with Gasteiger partial charge in [0.15, 0.2) is 0 Å². The Morgan fingerprint density at radius 1 is 1.08 bits per heavy atom. The molecule has 0 spiro atoms. The minimum absolute atomic E-state index is 0.183. The fraction of sp³-hybridized carbons (Fsp3) is 1.00. The van der Waals surface area contributed by atoms with Gasteiger partial charge in [-0.15, -0.1) is 0 Å². The van der Waals surface area contributed by atoms with Crippen LogP contribution in [-0.2, 0) is 0 Å². The van der Waals surface area contributed by atoms with Crippen LogP contribution in [0, 0.1) is 17.8 Å². The molecule has 5 atom stereocenters. The van der Waals surface area contributed by atoms with Crippen molar-refractivity contribution in [3.63, 3.8) is 0 Å². The van der Waals surface area contributed by atoms with E-state index in [4.69, 9.17) is 0 Å². The first-order chi connectivity index (χ1) is 6.02. The van der Waals surface area contributed by atoms with Crippen molar-refractivity contribution in [3.05, 3.63) is 0 Å². The van der Waals surface area contributed by atoms with Crippen molar-refractivity contribution in [2.24, 2.45) is 17.8 Å². The molecule has 0 saturated heterocycles. The SMILES string of the molecule is C[C@H](O)[C@@H]1CC[C@H]([C@@H](C)O)[C@H](C)C1. The predicted octanol–water partition coefficient (Wildman–Crippen LogP) is 1.80. The second-order valence-corrected chi connectivity index (χ2v) is 4.70. The molecule has 1 saturated carbocycles. The Morgan fingerprint density at radius 3 is 2.08 bits per heavy atom. The highest BCUT2D eigenvalue weighted by Gasteiger charge is 2.31. The van der Waals surface area contributed by atoms with Crippen LogP contribution < -0.4 is 0 Å². The summed E-state index contributed by atoms with van der Waals surface area (Å²) in [6.07, 6.45) is 2.82. The first kappa shape index (κ1) is 11.0. The van der Waals surface area contributed by atoms with Crippen LogP contribution in [0.25, 0.3) is 0 Å². The van der Waals surface area contributed by atoms with Crippen molar-refractivity contribution in [2.45, 2.75) is 52.2 Å². The maximum atomic E-state index is 9.51. The normalized spacial score (nSPS) is 39.9. The summed E-state index contributed by atoms with van der Waals surface area (Å²) in [7, 11) is 0. The zero-order valence-corrected chi connectivity index (χ0v) is 8.90. The molecule has 0 bridgehead atoms. The van der Waals surface area contributed by atoms with Gasteiger partial charge in [-0.3, -0.25) is 0 Å². The average Bonchev–Trinajstić information content (AvgIpc) is 2.03. The largest absolute Gasteiger partial charge is 0.393 e. The molecule has 0 unspecified atom stereocenters. The van der Waals surface area contributed by atoms with Gasteiger partial charge >= 0.3 is 0 Å². The highest BCUT2D eigenvalue weighted by Crippen LogP contribution is 2.36. The smallest absolute Gasteiger partial charge is 0.0542 e. The topological polar surface area (TPSA) is 40.5 Å². The van der Waals surface area contributed by atoms with Gasteiger partial charge < -0.3 is 10.2 Å². The van der Waals surface area contributed by atoms with E-state index in [1.165, 1.54) is 0 Å². The zero-order chi connectivity index (χ0) is 10.0. The summed E-state index contributed by atoms with van der Waals surface area (Å²) in [6, 6.07) is 0. The van der Waals surface area contributed by atoms with Crippen molar-refractivity contribution in [1.82, 2.24) is 0 Å². The van der Waals surface area contributed by atoms with Crippen molar-refractivity contribution in [1.29, 1.82) is 0 Å². The summed E-state index contributed by atoms with van der Waals surface area (Å²) < 4.78 is 0. The van der Waals surface area contributed by atoms with Gasteiger partial charge in [0.25, 0.3) is 0 Å². The van der Waals surface area contributed by atoms with Gasteiger partial charge in [0.05, 0.1) is 12.2 Å². The summed E-state index contributed by atoms with van der Waals surface area (Å²) in [5, 5.41) is 19.0. The number of aliphatic hydroxyl groups excluding tert-OH is 2. The van der Waals surface area contributed by atoms with Gasteiger partial charge in [0.1, 0.15) is 0 Å². The molecule has 1 fully saturated rings. The van der Waals surface area contributed by atoms with Gasteiger partial charge in [0.2, 0.25) is 0 Å². The van der Waals surface area contributed by atoms with Crippen LogP contribution in [0.3, 0.4) is 0 Å². The molecule has 0 aliphatic heterocycles. The lowest BCUT2D eigenvalue weighted by atomic mass is 9.71. The van der Waals surface area contributed by atoms with Crippen molar-refractivity contribution < 1.29 is 10.2 Å². The number of hydrogen-bond donors (Lipinski definition) is 2. The molecule has 2 nitrogen and oxygen atoms in total. The van der Waals surface area contributed by atoms with E-state index in [0.29, 0.717) is 17.8 Å². The van der Waals surface area contributed by atoms with Crippen LogP contribution in [0.15, 0.2) is 0 Å². The molecule has 1 aliphatic rings. The maximum absolute atomic E-state index is 9.51. The minimum Gasteiger partial charge on any atom is -0.393 e. The number of rotatable bonds is 2. The Balaban J connectivity index is 2.46. The van der Waals surface area contributed by atoms with Crippen molar-refractivity contribution in [2.75, 3.05) is 0 Å². The molecule has 1 rings (SSSR count). The van der Waals surface area contributed by atoms with E-state index in [0.717, 1.165) is 19.3 Å². The number of aliphatic hydroxyl groups is 2.